The minimum atomic E-state index is -5.51. The van der Waals surface area contributed by atoms with Gasteiger partial charge in [-0.1, -0.05) is 0 Å². The largest absolute Gasteiger partial charge is 0.408 e. The number of halogens is 9. The molecule has 3 nitrogen and oxygen atoms in total. The Morgan fingerprint density at radius 1 is 0.519 bits per heavy atom. The molecule has 0 aromatic rings. The highest BCUT2D eigenvalue weighted by atomic mass is 28.5. The van der Waals surface area contributed by atoms with Gasteiger partial charge in [-0.15, -0.1) is 0 Å². The minimum Gasteiger partial charge on any atom is -0.408 e. The molecule has 0 amide bonds. The van der Waals surface area contributed by atoms with Gasteiger partial charge in [0.05, 0.1) is 0 Å². The van der Waals surface area contributed by atoms with Gasteiger partial charge in [-0.2, -0.15) is 0 Å². The summed E-state index contributed by atoms with van der Waals surface area (Å²) in [6, 6.07) is 0. The van der Waals surface area contributed by atoms with Crippen LogP contribution in [0, 0.1) is 0 Å². The third-order valence-corrected chi connectivity index (χ3v) is 18.7. The summed E-state index contributed by atoms with van der Waals surface area (Å²) in [6.45, 7) is 2.35. The molecule has 27 heavy (non-hydrogen) atoms. The maximum atomic E-state index is 14.4. The van der Waals surface area contributed by atoms with Gasteiger partial charge >= 0.3 is 42.3 Å². The van der Waals surface area contributed by atoms with E-state index in [4.69, 9.17) is 12.3 Å². The van der Waals surface area contributed by atoms with Gasteiger partial charge in [-0.25, -0.2) is 39.5 Å². The normalized spacial score (nSPS) is 37.0. The highest BCUT2D eigenvalue weighted by Crippen LogP contribution is 2.50. The molecule has 0 saturated carbocycles. The van der Waals surface area contributed by atoms with Crippen molar-refractivity contribution in [3.8, 4) is 0 Å². The molecule has 0 spiro atoms. The molecular weight excluding hydrogens is 447 g/mol. The van der Waals surface area contributed by atoms with Gasteiger partial charge in [0, 0.05) is 0 Å². The van der Waals surface area contributed by atoms with Gasteiger partial charge in [0.2, 0.25) is 0 Å². The SMILES string of the molecule is CC(F)C(F)(F)[Si]1(C)O[Si](C)(C(F)(F)C(C)F)O[Si](C)(C(F)(F)C(C)F)O1. The van der Waals surface area contributed by atoms with Crippen LogP contribution in [-0.2, 0) is 12.3 Å². The first-order valence-electron chi connectivity index (χ1n) is 7.86. The molecule has 15 heteroatoms. The van der Waals surface area contributed by atoms with Crippen molar-refractivity contribution < 1.29 is 51.9 Å². The van der Waals surface area contributed by atoms with Crippen molar-refractivity contribution in [1.82, 2.24) is 0 Å². The zero-order valence-corrected chi connectivity index (χ0v) is 18.4. The number of rotatable bonds is 6. The molecule has 0 aromatic heterocycles. The molecular formula is C12H21F9O3Si3. The first kappa shape index (κ1) is 24.9. The fourth-order valence-electron chi connectivity index (χ4n) is 2.67. The van der Waals surface area contributed by atoms with E-state index in [1.54, 1.807) is 0 Å². The van der Waals surface area contributed by atoms with Crippen LogP contribution in [0.15, 0.2) is 0 Å². The van der Waals surface area contributed by atoms with E-state index in [1.807, 2.05) is 0 Å². The number of hydrogen-bond donors (Lipinski definition) is 0. The molecule has 1 heterocycles. The van der Waals surface area contributed by atoms with E-state index in [0.29, 0.717) is 40.4 Å². The first-order chi connectivity index (χ1) is 11.7. The Hall–Kier alpha value is -0.0994. The van der Waals surface area contributed by atoms with E-state index >= 15 is 0 Å². The van der Waals surface area contributed by atoms with E-state index in [0.717, 1.165) is 0 Å². The van der Waals surface area contributed by atoms with E-state index < -0.39 is 60.8 Å². The van der Waals surface area contributed by atoms with E-state index in [9.17, 15) is 39.5 Å². The van der Waals surface area contributed by atoms with Crippen LogP contribution < -0.4 is 0 Å². The van der Waals surface area contributed by atoms with Gasteiger partial charge in [0.15, 0.2) is 18.5 Å². The van der Waals surface area contributed by atoms with Crippen molar-refractivity contribution in [2.24, 2.45) is 0 Å². The lowest BCUT2D eigenvalue weighted by Crippen LogP contribution is -2.82. The lowest BCUT2D eigenvalue weighted by molar-refractivity contribution is -0.0777. The molecule has 1 saturated heterocycles. The van der Waals surface area contributed by atoms with Crippen molar-refractivity contribution >= 4 is 25.7 Å². The van der Waals surface area contributed by atoms with Crippen LogP contribution >= 0.6 is 0 Å². The van der Waals surface area contributed by atoms with E-state index in [-0.39, 0.29) is 0 Å². The summed E-state index contributed by atoms with van der Waals surface area (Å²) < 4.78 is 141. The van der Waals surface area contributed by atoms with Crippen LogP contribution in [0.2, 0.25) is 19.6 Å². The Bertz CT molecular complexity index is 477. The molecule has 3 unspecified atom stereocenters. The Morgan fingerprint density at radius 3 is 0.778 bits per heavy atom. The van der Waals surface area contributed by atoms with Crippen molar-refractivity contribution in [3.63, 3.8) is 0 Å². The molecule has 0 aliphatic carbocycles. The minimum absolute atomic E-state index is 0.365. The molecule has 1 aliphatic rings. The van der Waals surface area contributed by atoms with Crippen LogP contribution in [-0.4, -0.2) is 60.8 Å². The Labute approximate surface area is 153 Å². The molecule has 1 aliphatic heterocycles. The second kappa shape index (κ2) is 7.00. The van der Waals surface area contributed by atoms with Crippen LogP contribution in [0.1, 0.15) is 20.8 Å². The van der Waals surface area contributed by atoms with Crippen molar-refractivity contribution in [2.75, 3.05) is 0 Å². The van der Waals surface area contributed by atoms with Crippen LogP contribution in [0.3, 0.4) is 0 Å². The third-order valence-electron chi connectivity index (χ3n) is 4.48. The standard InChI is InChI=1S/C12H21F9O3Si3/c1-7(13)10(16,17)25(4)22-26(5,11(18,19)8(2)14)24-27(6,23-25)12(20,21)9(3)15/h7-9H,1-6H3. The summed E-state index contributed by atoms with van der Waals surface area (Å²) in [6.07, 6.45) is -9.05. The molecule has 0 N–H and O–H groups in total. The van der Waals surface area contributed by atoms with Crippen molar-refractivity contribution in [1.29, 1.82) is 0 Å². The predicted molar refractivity (Wildman–Crippen MR) is 84.7 cm³/mol. The summed E-state index contributed by atoms with van der Waals surface area (Å²) in [5, 5.41) is 0. The monoisotopic (exact) mass is 468 g/mol. The van der Waals surface area contributed by atoms with Gasteiger partial charge in [-0.3, -0.25) is 0 Å². The summed E-state index contributed by atoms with van der Waals surface area (Å²) in [7, 11) is -16.5. The quantitative estimate of drug-likeness (QED) is 0.412. The molecule has 162 valence electrons. The van der Waals surface area contributed by atoms with E-state index in [2.05, 4.69) is 0 Å². The maximum Gasteiger partial charge on any atom is 0.397 e. The molecule has 0 radical (unpaired) electrons. The topological polar surface area (TPSA) is 27.7 Å². The Balaban J connectivity index is 3.69. The summed E-state index contributed by atoms with van der Waals surface area (Å²) >= 11 is 0. The lowest BCUT2D eigenvalue weighted by Gasteiger charge is -2.54. The number of hydrogen-bond acceptors (Lipinski definition) is 3. The van der Waals surface area contributed by atoms with E-state index in [1.165, 1.54) is 0 Å². The molecule has 0 aromatic carbocycles. The Kier molecular flexibility index (Phi) is 6.46. The second-order valence-corrected chi connectivity index (χ2v) is 17.0. The third kappa shape index (κ3) is 3.74. The average molecular weight is 469 g/mol. The number of alkyl halides is 9. The Morgan fingerprint density at radius 2 is 0.667 bits per heavy atom. The van der Waals surface area contributed by atoms with Crippen molar-refractivity contribution in [2.45, 2.75) is 75.6 Å². The molecule has 3 atom stereocenters. The van der Waals surface area contributed by atoms with Gasteiger partial charge in [0.1, 0.15) is 0 Å². The summed E-state index contributed by atoms with van der Waals surface area (Å²) in [4.78, 5) is 0. The highest BCUT2D eigenvalue weighted by Gasteiger charge is 2.80. The fraction of sp³-hybridized carbons (Fsp3) is 1.00. The maximum absolute atomic E-state index is 14.4. The summed E-state index contributed by atoms with van der Waals surface area (Å²) in [5.74, 6) is 0. The average Bonchev–Trinajstić information content (AvgIpc) is 2.44. The van der Waals surface area contributed by atoms with Crippen LogP contribution in [0.25, 0.3) is 0 Å². The highest BCUT2D eigenvalue weighted by molar-refractivity contribution is 6.96. The predicted octanol–water partition coefficient (Wildman–Crippen LogP) is 4.86. The van der Waals surface area contributed by atoms with Crippen LogP contribution in [0.5, 0.6) is 0 Å². The van der Waals surface area contributed by atoms with Crippen LogP contribution in [0.4, 0.5) is 39.5 Å². The van der Waals surface area contributed by atoms with Gasteiger partial charge < -0.3 is 12.3 Å². The molecule has 0 bridgehead atoms. The van der Waals surface area contributed by atoms with Crippen molar-refractivity contribution in [3.05, 3.63) is 0 Å². The fourth-order valence-corrected chi connectivity index (χ4v) is 18.6. The molecule has 1 rings (SSSR count). The summed E-state index contributed by atoms with van der Waals surface area (Å²) in [5.41, 5.74) is -13.7. The molecule has 1 fully saturated rings. The van der Waals surface area contributed by atoms with Gasteiger partial charge in [-0.05, 0) is 40.4 Å². The lowest BCUT2D eigenvalue weighted by atomic mass is 10.5. The first-order valence-corrected chi connectivity index (χ1v) is 14.8. The van der Waals surface area contributed by atoms with Gasteiger partial charge in [0.25, 0.3) is 0 Å². The zero-order chi connectivity index (χ0) is 21.9. The second-order valence-electron chi connectivity index (χ2n) is 6.86. The smallest absolute Gasteiger partial charge is 0.397 e. The zero-order valence-electron chi connectivity index (χ0n) is 15.4.